The number of rotatable bonds is 2. The van der Waals surface area contributed by atoms with Gasteiger partial charge in [0, 0.05) is 28.2 Å². The van der Waals surface area contributed by atoms with Gasteiger partial charge in [-0.15, -0.1) is 0 Å². The van der Waals surface area contributed by atoms with Crippen LogP contribution in [-0.2, 0) is 0 Å². The second-order valence-electron chi connectivity index (χ2n) is 3.88. The lowest BCUT2D eigenvalue weighted by atomic mass is 10.2. The molecule has 2 rings (SSSR count). The molecule has 0 saturated carbocycles. The largest absolute Gasteiger partial charge is 0.398 e. The molecule has 1 heterocycles. The van der Waals surface area contributed by atoms with Gasteiger partial charge in [0.1, 0.15) is 0 Å². The molecule has 0 atom stereocenters. The SMILES string of the molecule is Cc1cc(NC(=O)c2cnccc2N)ccc1Br. The van der Waals surface area contributed by atoms with Crippen LogP contribution in [0.4, 0.5) is 11.4 Å². The van der Waals surface area contributed by atoms with E-state index in [-0.39, 0.29) is 5.91 Å². The molecule has 2 aromatic rings. The van der Waals surface area contributed by atoms with E-state index in [1.165, 1.54) is 6.20 Å². The van der Waals surface area contributed by atoms with Crippen molar-refractivity contribution in [2.75, 3.05) is 11.1 Å². The Kier molecular flexibility index (Phi) is 3.62. The Morgan fingerprint density at radius 1 is 1.39 bits per heavy atom. The lowest BCUT2D eigenvalue weighted by Crippen LogP contribution is -2.14. The van der Waals surface area contributed by atoms with Gasteiger partial charge in [-0.05, 0) is 36.8 Å². The van der Waals surface area contributed by atoms with Crippen molar-refractivity contribution >= 4 is 33.2 Å². The Balaban J connectivity index is 2.22. The van der Waals surface area contributed by atoms with E-state index in [1.54, 1.807) is 12.3 Å². The summed E-state index contributed by atoms with van der Waals surface area (Å²) in [7, 11) is 0. The molecule has 0 aliphatic heterocycles. The van der Waals surface area contributed by atoms with E-state index < -0.39 is 0 Å². The molecule has 18 heavy (non-hydrogen) atoms. The summed E-state index contributed by atoms with van der Waals surface area (Å²) in [6.45, 7) is 1.96. The van der Waals surface area contributed by atoms with E-state index in [1.807, 2.05) is 25.1 Å². The van der Waals surface area contributed by atoms with E-state index in [0.717, 1.165) is 15.7 Å². The lowest BCUT2D eigenvalue weighted by molar-refractivity contribution is 0.102. The first kappa shape index (κ1) is 12.6. The zero-order valence-corrected chi connectivity index (χ0v) is 11.4. The topological polar surface area (TPSA) is 68.0 Å². The number of hydrogen-bond acceptors (Lipinski definition) is 3. The summed E-state index contributed by atoms with van der Waals surface area (Å²) in [5.74, 6) is -0.262. The zero-order chi connectivity index (χ0) is 13.1. The molecule has 1 aromatic heterocycles. The number of nitrogens with zero attached hydrogens (tertiary/aromatic N) is 1. The number of benzene rings is 1. The van der Waals surface area contributed by atoms with Gasteiger partial charge in [-0.1, -0.05) is 15.9 Å². The van der Waals surface area contributed by atoms with Crippen LogP contribution in [0.25, 0.3) is 0 Å². The van der Waals surface area contributed by atoms with Gasteiger partial charge < -0.3 is 11.1 Å². The molecule has 0 aliphatic carbocycles. The highest BCUT2D eigenvalue weighted by molar-refractivity contribution is 9.10. The highest BCUT2D eigenvalue weighted by Crippen LogP contribution is 2.21. The number of amides is 1. The smallest absolute Gasteiger partial charge is 0.259 e. The Bertz CT molecular complexity index is 599. The van der Waals surface area contributed by atoms with Crippen molar-refractivity contribution in [1.82, 2.24) is 4.98 Å². The number of aryl methyl sites for hydroxylation is 1. The minimum absolute atomic E-state index is 0.262. The second kappa shape index (κ2) is 5.18. The number of nitrogens with one attached hydrogen (secondary N) is 1. The number of aromatic nitrogens is 1. The maximum atomic E-state index is 12.0. The van der Waals surface area contributed by atoms with Crippen molar-refractivity contribution in [3.05, 3.63) is 52.3 Å². The van der Waals surface area contributed by atoms with Gasteiger partial charge >= 0.3 is 0 Å². The monoisotopic (exact) mass is 305 g/mol. The molecule has 0 saturated heterocycles. The normalized spacial score (nSPS) is 10.1. The zero-order valence-electron chi connectivity index (χ0n) is 9.77. The summed E-state index contributed by atoms with van der Waals surface area (Å²) >= 11 is 3.41. The second-order valence-corrected chi connectivity index (χ2v) is 4.74. The summed E-state index contributed by atoms with van der Waals surface area (Å²) in [6.07, 6.45) is 3.01. The third-order valence-electron chi connectivity index (χ3n) is 2.52. The van der Waals surface area contributed by atoms with Crippen molar-refractivity contribution in [3.63, 3.8) is 0 Å². The predicted octanol–water partition coefficient (Wildman–Crippen LogP) is 2.99. The number of halogens is 1. The summed E-state index contributed by atoms with van der Waals surface area (Å²) in [4.78, 5) is 15.9. The minimum Gasteiger partial charge on any atom is -0.398 e. The lowest BCUT2D eigenvalue weighted by Gasteiger charge is -2.08. The molecular formula is C13H12BrN3O. The number of pyridine rings is 1. The first-order valence-corrected chi connectivity index (χ1v) is 6.14. The average molecular weight is 306 g/mol. The van der Waals surface area contributed by atoms with Gasteiger partial charge in [0.05, 0.1) is 5.56 Å². The van der Waals surface area contributed by atoms with Crippen molar-refractivity contribution in [1.29, 1.82) is 0 Å². The molecule has 92 valence electrons. The predicted molar refractivity (Wildman–Crippen MR) is 75.5 cm³/mol. The van der Waals surface area contributed by atoms with E-state index in [2.05, 4.69) is 26.2 Å². The first-order chi connectivity index (χ1) is 8.58. The van der Waals surface area contributed by atoms with Crippen LogP contribution in [0.2, 0.25) is 0 Å². The van der Waals surface area contributed by atoms with E-state index >= 15 is 0 Å². The maximum Gasteiger partial charge on any atom is 0.259 e. The van der Waals surface area contributed by atoms with Crippen molar-refractivity contribution in [3.8, 4) is 0 Å². The van der Waals surface area contributed by atoms with Crippen molar-refractivity contribution in [2.45, 2.75) is 6.92 Å². The third-order valence-corrected chi connectivity index (χ3v) is 3.40. The summed E-state index contributed by atoms with van der Waals surface area (Å²) < 4.78 is 1.00. The molecule has 1 aromatic carbocycles. The van der Waals surface area contributed by atoms with E-state index in [9.17, 15) is 4.79 Å². The van der Waals surface area contributed by atoms with Gasteiger partial charge in [-0.2, -0.15) is 0 Å². The van der Waals surface area contributed by atoms with Crippen LogP contribution in [0.1, 0.15) is 15.9 Å². The maximum absolute atomic E-state index is 12.0. The summed E-state index contributed by atoms with van der Waals surface area (Å²) in [5.41, 5.74) is 8.28. The number of carbonyl (C=O) groups excluding carboxylic acids is 1. The van der Waals surface area contributed by atoms with E-state index in [4.69, 9.17) is 5.73 Å². The van der Waals surface area contributed by atoms with Gasteiger partial charge in [0.25, 0.3) is 5.91 Å². The highest BCUT2D eigenvalue weighted by Gasteiger charge is 2.10. The molecular weight excluding hydrogens is 294 g/mol. The molecule has 0 spiro atoms. The van der Waals surface area contributed by atoms with Crippen molar-refractivity contribution in [2.24, 2.45) is 0 Å². The first-order valence-electron chi connectivity index (χ1n) is 5.35. The standard InChI is InChI=1S/C13H12BrN3O/c1-8-6-9(2-3-11(8)14)17-13(18)10-7-16-5-4-12(10)15/h2-7H,1H3,(H2,15,16)(H,17,18). The number of hydrogen-bond donors (Lipinski definition) is 2. The minimum atomic E-state index is -0.262. The average Bonchev–Trinajstić information content (AvgIpc) is 2.34. The van der Waals surface area contributed by atoms with Crippen LogP contribution >= 0.6 is 15.9 Å². The van der Waals surface area contributed by atoms with Gasteiger partial charge in [-0.3, -0.25) is 9.78 Å². The Morgan fingerprint density at radius 3 is 2.83 bits per heavy atom. The fourth-order valence-electron chi connectivity index (χ4n) is 1.52. The van der Waals surface area contributed by atoms with Crippen molar-refractivity contribution < 1.29 is 4.79 Å². The number of anilines is 2. The molecule has 0 radical (unpaired) electrons. The van der Waals surface area contributed by atoms with Crippen LogP contribution in [-0.4, -0.2) is 10.9 Å². The van der Waals surface area contributed by atoms with E-state index in [0.29, 0.717) is 11.3 Å². The van der Waals surface area contributed by atoms with Gasteiger partial charge in [-0.25, -0.2) is 0 Å². The molecule has 0 unspecified atom stereocenters. The number of carbonyl (C=O) groups is 1. The van der Waals surface area contributed by atoms with Crippen LogP contribution in [0, 0.1) is 6.92 Å². The molecule has 5 heteroatoms. The third kappa shape index (κ3) is 2.68. The number of nitrogens with two attached hydrogens (primary N) is 1. The Labute approximate surface area is 113 Å². The highest BCUT2D eigenvalue weighted by atomic mass is 79.9. The molecule has 0 bridgehead atoms. The molecule has 0 aliphatic rings. The van der Waals surface area contributed by atoms with Crippen LogP contribution < -0.4 is 11.1 Å². The molecule has 4 nitrogen and oxygen atoms in total. The molecule has 3 N–H and O–H groups in total. The van der Waals surface area contributed by atoms with Gasteiger partial charge in [0.15, 0.2) is 0 Å². The summed E-state index contributed by atoms with van der Waals surface area (Å²) in [5, 5.41) is 2.79. The molecule has 1 amide bonds. The van der Waals surface area contributed by atoms with Crippen LogP contribution in [0.5, 0.6) is 0 Å². The molecule has 0 fully saturated rings. The Hall–Kier alpha value is -1.88. The van der Waals surface area contributed by atoms with Crippen LogP contribution in [0.15, 0.2) is 41.1 Å². The number of nitrogen functional groups attached to an aromatic ring is 1. The van der Waals surface area contributed by atoms with Gasteiger partial charge in [0.2, 0.25) is 0 Å². The Morgan fingerprint density at radius 2 is 2.17 bits per heavy atom. The van der Waals surface area contributed by atoms with Crippen LogP contribution in [0.3, 0.4) is 0 Å². The summed E-state index contributed by atoms with van der Waals surface area (Å²) in [6, 6.07) is 7.19. The quantitative estimate of drug-likeness (QED) is 0.896. The fourth-order valence-corrected chi connectivity index (χ4v) is 1.76. The fraction of sp³-hybridized carbons (Fsp3) is 0.0769.